The van der Waals surface area contributed by atoms with Gasteiger partial charge in [0.25, 0.3) is 0 Å². The molecule has 286 valence electrons. The van der Waals surface area contributed by atoms with E-state index in [1.807, 2.05) is 6.07 Å². The molecule has 3 atom stereocenters. The van der Waals surface area contributed by atoms with Crippen molar-refractivity contribution in [2.24, 2.45) is 0 Å². The SMILES string of the molecule is CCCCCCCCC(CCCCCCCC)OC(=O)[C@H](C)NP(=O)(OC[C@](C)(CCn1cnc2c(N)nc(F)nc21)OC)Oc1ccccc1. The quantitative estimate of drug-likeness (QED) is 0.0334. The molecule has 0 aliphatic heterocycles. The molecule has 0 fully saturated rings. The van der Waals surface area contributed by atoms with E-state index in [2.05, 4.69) is 33.9 Å². The van der Waals surface area contributed by atoms with E-state index in [-0.39, 0.29) is 24.2 Å². The number of nitrogen functional groups attached to an aromatic ring is 1. The van der Waals surface area contributed by atoms with Crippen LogP contribution < -0.4 is 15.3 Å². The van der Waals surface area contributed by atoms with Gasteiger partial charge >= 0.3 is 19.8 Å². The Hall–Kier alpha value is -3.12. The molecule has 2 aromatic heterocycles. The van der Waals surface area contributed by atoms with Gasteiger partial charge in [0.2, 0.25) is 0 Å². The summed E-state index contributed by atoms with van der Waals surface area (Å²) in [4.78, 5) is 25.1. The van der Waals surface area contributed by atoms with Crippen molar-refractivity contribution in [1.29, 1.82) is 0 Å². The fourth-order valence-corrected chi connectivity index (χ4v) is 7.35. The molecule has 3 rings (SSSR count). The summed E-state index contributed by atoms with van der Waals surface area (Å²) >= 11 is 0. The fourth-order valence-electron chi connectivity index (χ4n) is 5.75. The van der Waals surface area contributed by atoms with E-state index in [1.54, 1.807) is 42.7 Å². The number of carbonyl (C=O) groups is 1. The van der Waals surface area contributed by atoms with Gasteiger partial charge in [-0.15, -0.1) is 0 Å². The van der Waals surface area contributed by atoms with Crippen molar-refractivity contribution in [1.82, 2.24) is 24.6 Å². The summed E-state index contributed by atoms with van der Waals surface area (Å²) in [7, 11) is -2.64. The molecule has 3 aromatic rings. The number of imidazole rings is 1. The maximum atomic E-state index is 14.3. The Morgan fingerprint density at radius 1 is 0.980 bits per heavy atom. The molecule has 14 heteroatoms. The van der Waals surface area contributed by atoms with Crippen LogP contribution in [0.2, 0.25) is 0 Å². The van der Waals surface area contributed by atoms with Gasteiger partial charge in [-0.05, 0) is 58.1 Å². The summed E-state index contributed by atoms with van der Waals surface area (Å²) in [6, 6.07) is 7.64. The molecule has 0 saturated carbocycles. The number of rotatable bonds is 27. The highest BCUT2D eigenvalue weighted by molar-refractivity contribution is 7.52. The van der Waals surface area contributed by atoms with Crippen molar-refractivity contribution in [3.05, 3.63) is 42.7 Å². The number of carbonyl (C=O) groups excluding carboxylic acids is 1. The molecule has 3 N–H and O–H groups in total. The van der Waals surface area contributed by atoms with Crippen LogP contribution in [-0.2, 0) is 29.9 Å². The standard InChI is InChI=1S/C37H60FN6O6P/c1-6-8-10-12-14-17-21-30(22-18-15-13-11-9-7-2)49-35(45)29(3)43-51(46,50-31-23-19-16-20-24-31)48-27-37(4,47-5)25-26-44-28-40-32-33(39)41-36(38)42-34(32)44/h16,19-20,23-24,28-30H,6-15,17-18,21-22,25-27H2,1-5H3,(H,43,46)(H2,39,41,42)/t29-,37-,51?/m0/s1. The van der Waals surface area contributed by atoms with Crippen LogP contribution in [0.5, 0.6) is 5.75 Å². The number of para-hydroxylation sites is 1. The first kappa shape index (κ1) is 42.3. The Balaban J connectivity index is 1.67. The lowest BCUT2D eigenvalue weighted by Crippen LogP contribution is -2.39. The minimum atomic E-state index is -4.15. The van der Waals surface area contributed by atoms with Crippen molar-refractivity contribution < 1.29 is 32.3 Å². The Labute approximate surface area is 303 Å². The van der Waals surface area contributed by atoms with Gasteiger partial charge in [0.15, 0.2) is 11.5 Å². The van der Waals surface area contributed by atoms with E-state index in [1.165, 1.54) is 64.8 Å². The third-order valence-corrected chi connectivity index (χ3v) is 10.7. The highest BCUT2D eigenvalue weighted by Gasteiger charge is 2.36. The first-order valence-electron chi connectivity index (χ1n) is 18.7. The molecular formula is C37H60FN6O6P. The number of unbranched alkanes of at least 4 members (excludes halogenated alkanes) is 10. The zero-order valence-electron chi connectivity index (χ0n) is 31.3. The number of aryl methyl sites for hydroxylation is 1. The number of nitrogens with two attached hydrogens (primary N) is 1. The average Bonchev–Trinajstić information content (AvgIpc) is 3.52. The Bertz CT molecular complexity index is 1480. The topological polar surface area (TPSA) is 153 Å². The molecule has 12 nitrogen and oxygen atoms in total. The number of aromatic nitrogens is 4. The maximum Gasteiger partial charge on any atom is 0.459 e. The number of esters is 1. The first-order chi connectivity index (χ1) is 24.5. The van der Waals surface area contributed by atoms with Crippen LogP contribution >= 0.6 is 7.75 Å². The molecule has 0 radical (unpaired) electrons. The molecule has 0 amide bonds. The second-order valence-electron chi connectivity index (χ2n) is 13.6. The minimum Gasteiger partial charge on any atom is -0.461 e. The van der Waals surface area contributed by atoms with Gasteiger partial charge in [-0.25, -0.2) is 9.55 Å². The zero-order chi connectivity index (χ0) is 37.1. The van der Waals surface area contributed by atoms with Crippen LogP contribution in [0.3, 0.4) is 0 Å². The van der Waals surface area contributed by atoms with Crippen molar-refractivity contribution in [2.75, 3.05) is 19.5 Å². The number of nitrogens with one attached hydrogen (secondary N) is 1. The van der Waals surface area contributed by atoms with Gasteiger partial charge in [0, 0.05) is 13.7 Å². The van der Waals surface area contributed by atoms with Gasteiger partial charge in [-0.2, -0.15) is 19.4 Å². The van der Waals surface area contributed by atoms with E-state index in [9.17, 15) is 13.8 Å². The highest BCUT2D eigenvalue weighted by atomic mass is 31.2. The molecule has 51 heavy (non-hydrogen) atoms. The zero-order valence-corrected chi connectivity index (χ0v) is 32.2. The van der Waals surface area contributed by atoms with Gasteiger partial charge in [-0.3, -0.25) is 9.32 Å². The summed E-state index contributed by atoms with van der Waals surface area (Å²) in [5.41, 5.74) is 5.37. The summed E-state index contributed by atoms with van der Waals surface area (Å²) < 4.78 is 53.6. The van der Waals surface area contributed by atoms with Crippen LogP contribution in [0.1, 0.15) is 124 Å². The van der Waals surface area contributed by atoms with Crippen molar-refractivity contribution >= 4 is 30.7 Å². The lowest BCUT2D eigenvalue weighted by molar-refractivity contribution is -0.151. The van der Waals surface area contributed by atoms with E-state index in [0.717, 1.165) is 38.5 Å². The first-order valence-corrected chi connectivity index (χ1v) is 20.2. The number of hydrogen-bond acceptors (Lipinski definition) is 10. The number of methoxy groups -OCH3 is 1. The number of nitrogens with zero attached hydrogens (tertiary/aromatic N) is 4. The monoisotopic (exact) mass is 734 g/mol. The second kappa shape index (κ2) is 22.1. The number of benzene rings is 1. The van der Waals surface area contributed by atoms with Crippen molar-refractivity contribution in [3.8, 4) is 5.75 Å². The Morgan fingerprint density at radius 3 is 2.20 bits per heavy atom. The summed E-state index contributed by atoms with van der Waals surface area (Å²) in [5, 5.41) is 2.82. The van der Waals surface area contributed by atoms with Crippen LogP contribution in [0.4, 0.5) is 10.2 Å². The van der Waals surface area contributed by atoms with Gasteiger partial charge in [0.05, 0.1) is 18.5 Å². The van der Waals surface area contributed by atoms with E-state index >= 15 is 0 Å². The molecule has 1 unspecified atom stereocenters. The molecule has 2 heterocycles. The normalized spacial score (nSPS) is 14.7. The smallest absolute Gasteiger partial charge is 0.459 e. The van der Waals surface area contributed by atoms with Crippen LogP contribution in [-0.4, -0.2) is 57.0 Å². The number of fused-ring (bicyclic) bond motifs is 1. The third-order valence-electron chi connectivity index (χ3n) is 9.09. The third kappa shape index (κ3) is 14.8. The van der Waals surface area contributed by atoms with Crippen LogP contribution in [0.15, 0.2) is 36.7 Å². The highest BCUT2D eigenvalue weighted by Crippen LogP contribution is 2.46. The Morgan fingerprint density at radius 2 is 1.59 bits per heavy atom. The molecular weight excluding hydrogens is 674 g/mol. The lowest BCUT2D eigenvalue weighted by Gasteiger charge is -2.31. The molecule has 0 spiro atoms. The van der Waals surface area contributed by atoms with E-state index in [4.69, 9.17) is 24.3 Å². The molecule has 1 aromatic carbocycles. The van der Waals surface area contributed by atoms with E-state index in [0.29, 0.717) is 24.2 Å². The predicted octanol–water partition coefficient (Wildman–Crippen LogP) is 8.94. The number of anilines is 1. The molecule has 0 bridgehead atoms. The molecule has 0 saturated heterocycles. The summed E-state index contributed by atoms with van der Waals surface area (Å²) in [6.45, 7) is 7.94. The fraction of sp³-hybridized carbons (Fsp3) is 0.676. The maximum absolute atomic E-state index is 14.3. The summed E-state index contributed by atoms with van der Waals surface area (Å²) in [5.74, 6) is -0.253. The number of halogens is 1. The minimum absolute atomic E-state index is 0.0528. The molecule has 0 aliphatic rings. The van der Waals surface area contributed by atoms with Crippen molar-refractivity contribution in [2.45, 2.75) is 148 Å². The van der Waals surface area contributed by atoms with Gasteiger partial charge < -0.3 is 24.3 Å². The van der Waals surface area contributed by atoms with E-state index < -0.39 is 31.4 Å². The number of ether oxygens (including phenoxy) is 2. The van der Waals surface area contributed by atoms with Gasteiger partial charge in [-0.1, -0.05) is 96.3 Å². The summed E-state index contributed by atoms with van der Waals surface area (Å²) in [6.07, 6.45) is 16.2. The van der Waals surface area contributed by atoms with Gasteiger partial charge in [0.1, 0.15) is 23.4 Å². The van der Waals surface area contributed by atoms with Crippen LogP contribution in [0, 0.1) is 6.08 Å². The predicted molar refractivity (Wildman–Crippen MR) is 199 cm³/mol. The average molecular weight is 735 g/mol. The largest absolute Gasteiger partial charge is 0.461 e. The lowest BCUT2D eigenvalue weighted by atomic mass is 10.0. The van der Waals surface area contributed by atoms with Crippen LogP contribution in [0.25, 0.3) is 11.2 Å². The molecule has 0 aliphatic carbocycles. The Kier molecular flexibility index (Phi) is 18.3. The number of hydrogen-bond donors (Lipinski definition) is 2. The second-order valence-corrected chi connectivity index (χ2v) is 15.3. The van der Waals surface area contributed by atoms with Crippen molar-refractivity contribution in [3.63, 3.8) is 0 Å².